The minimum absolute atomic E-state index is 0.284. The summed E-state index contributed by atoms with van der Waals surface area (Å²) < 4.78 is 12.7. The molecule has 0 fully saturated rings. The summed E-state index contributed by atoms with van der Waals surface area (Å²) in [5, 5.41) is 8.68. The Hall–Kier alpha value is -2.54. The first-order valence-electron chi connectivity index (χ1n) is 7.29. The van der Waals surface area contributed by atoms with Gasteiger partial charge in [0.15, 0.2) is 16.6 Å². The molecule has 1 aromatic carbocycles. The normalized spacial score (nSPS) is 12.6. The number of aryl methyl sites for hydroxylation is 2. The van der Waals surface area contributed by atoms with Gasteiger partial charge in [-0.3, -0.25) is 4.68 Å². The standard InChI is InChI=1S/C16H16N4O2S/c1-10-15(12-6-7-20(2)19-12)23-16(18-10)17-8-11-4-3-5-13-14(11)22-9-21-13/h3-7H,8-9H2,1-2H3,(H,17,18). The Bertz CT molecular complexity index is 856. The van der Waals surface area contributed by atoms with Crippen LogP contribution in [-0.4, -0.2) is 21.6 Å². The summed E-state index contributed by atoms with van der Waals surface area (Å²) in [5.41, 5.74) is 2.99. The minimum Gasteiger partial charge on any atom is -0.454 e. The minimum atomic E-state index is 0.284. The molecular weight excluding hydrogens is 312 g/mol. The van der Waals surface area contributed by atoms with Crippen molar-refractivity contribution in [2.24, 2.45) is 7.05 Å². The van der Waals surface area contributed by atoms with Crippen molar-refractivity contribution in [1.29, 1.82) is 0 Å². The molecule has 23 heavy (non-hydrogen) atoms. The lowest BCUT2D eigenvalue weighted by molar-refractivity contribution is 0.173. The van der Waals surface area contributed by atoms with Gasteiger partial charge in [0.2, 0.25) is 6.79 Å². The fourth-order valence-corrected chi connectivity index (χ4v) is 3.47. The van der Waals surface area contributed by atoms with Gasteiger partial charge in [-0.25, -0.2) is 4.98 Å². The number of para-hydroxylation sites is 1. The quantitative estimate of drug-likeness (QED) is 0.797. The summed E-state index contributed by atoms with van der Waals surface area (Å²) in [5.74, 6) is 1.62. The topological polar surface area (TPSA) is 61.2 Å². The predicted molar refractivity (Wildman–Crippen MR) is 88.9 cm³/mol. The van der Waals surface area contributed by atoms with Crippen LogP contribution in [0.25, 0.3) is 10.6 Å². The molecule has 3 aromatic rings. The van der Waals surface area contributed by atoms with Crippen LogP contribution in [0.4, 0.5) is 5.13 Å². The molecule has 0 saturated heterocycles. The number of rotatable bonds is 4. The molecule has 0 unspecified atom stereocenters. The van der Waals surface area contributed by atoms with E-state index in [1.807, 2.05) is 44.4 Å². The number of thiazole rings is 1. The second-order valence-electron chi connectivity index (χ2n) is 5.31. The highest BCUT2D eigenvalue weighted by Gasteiger charge is 2.17. The number of nitrogens with one attached hydrogen (secondary N) is 1. The Morgan fingerprint density at radius 2 is 2.22 bits per heavy atom. The molecule has 3 heterocycles. The summed E-state index contributed by atoms with van der Waals surface area (Å²) in [4.78, 5) is 5.68. The largest absolute Gasteiger partial charge is 0.454 e. The van der Waals surface area contributed by atoms with Crippen molar-refractivity contribution in [1.82, 2.24) is 14.8 Å². The van der Waals surface area contributed by atoms with Crippen LogP contribution in [-0.2, 0) is 13.6 Å². The van der Waals surface area contributed by atoms with E-state index >= 15 is 0 Å². The van der Waals surface area contributed by atoms with Crippen molar-refractivity contribution in [3.8, 4) is 22.1 Å². The third-order valence-electron chi connectivity index (χ3n) is 3.65. The van der Waals surface area contributed by atoms with Crippen molar-refractivity contribution in [2.75, 3.05) is 12.1 Å². The molecule has 0 bridgehead atoms. The van der Waals surface area contributed by atoms with Crippen LogP contribution in [0.1, 0.15) is 11.3 Å². The first-order valence-corrected chi connectivity index (χ1v) is 8.11. The molecule has 1 aliphatic rings. The predicted octanol–water partition coefficient (Wildman–Crippen LogP) is 3.19. The van der Waals surface area contributed by atoms with Crippen molar-refractivity contribution in [3.63, 3.8) is 0 Å². The molecule has 6 nitrogen and oxygen atoms in total. The number of nitrogens with zero attached hydrogens (tertiary/aromatic N) is 3. The molecule has 0 saturated carbocycles. The van der Waals surface area contributed by atoms with Crippen LogP contribution in [0.2, 0.25) is 0 Å². The number of fused-ring (bicyclic) bond motifs is 1. The molecule has 0 spiro atoms. The van der Waals surface area contributed by atoms with E-state index in [0.29, 0.717) is 6.54 Å². The number of anilines is 1. The molecule has 1 aliphatic heterocycles. The first-order chi connectivity index (χ1) is 11.2. The van der Waals surface area contributed by atoms with Crippen molar-refractivity contribution >= 4 is 16.5 Å². The summed E-state index contributed by atoms with van der Waals surface area (Å²) in [6.45, 7) is 2.93. The van der Waals surface area contributed by atoms with Gasteiger partial charge in [-0.1, -0.05) is 23.5 Å². The highest BCUT2D eigenvalue weighted by molar-refractivity contribution is 7.19. The van der Waals surface area contributed by atoms with E-state index in [1.54, 1.807) is 16.0 Å². The van der Waals surface area contributed by atoms with E-state index < -0.39 is 0 Å². The molecule has 7 heteroatoms. The van der Waals surface area contributed by atoms with Gasteiger partial charge >= 0.3 is 0 Å². The highest BCUT2D eigenvalue weighted by atomic mass is 32.1. The fourth-order valence-electron chi connectivity index (χ4n) is 2.55. The van der Waals surface area contributed by atoms with Crippen LogP contribution >= 0.6 is 11.3 Å². The Morgan fingerprint density at radius 1 is 1.30 bits per heavy atom. The Morgan fingerprint density at radius 3 is 3.04 bits per heavy atom. The maximum Gasteiger partial charge on any atom is 0.231 e. The van der Waals surface area contributed by atoms with Crippen molar-refractivity contribution < 1.29 is 9.47 Å². The number of benzene rings is 1. The second-order valence-corrected chi connectivity index (χ2v) is 6.31. The average molecular weight is 328 g/mol. The van der Waals surface area contributed by atoms with Gasteiger partial charge < -0.3 is 14.8 Å². The van der Waals surface area contributed by atoms with E-state index in [4.69, 9.17) is 9.47 Å². The molecule has 0 amide bonds. The van der Waals surface area contributed by atoms with E-state index in [2.05, 4.69) is 15.4 Å². The number of aromatic nitrogens is 3. The second kappa shape index (κ2) is 5.58. The Balaban J connectivity index is 1.53. The van der Waals surface area contributed by atoms with Crippen LogP contribution in [0.15, 0.2) is 30.5 Å². The molecular formula is C16H16N4O2S. The maximum atomic E-state index is 5.53. The fraction of sp³-hybridized carbons (Fsp3) is 0.250. The molecule has 4 rings (SSSR count). The van der Waals surface area contributed by atoms with Crippen LogP contribution in [0.3, 0.4) is 0 Å². The first kappa shape index (κ1) is 14.1. The molecule has 0 aliphatic carbocycles. The maximum absolute atomic E-state index is 5.53. The molecule has 0 atom stereocenters. The van der Waals surface area contributed by atoms with Crippen LogP contribution in [0, 0.1) is 6.92 Å². The zero-order valence-electron chi connectivity index (χ0n) is 12.9. The number of hydrogen-bond donors (Lipinski definition) is 1. The van der Waals surface area contributed by atoms with E-state index in [-0.39, 0.29) is 6.79 Å². The van der Waals surface area contributed by atoms with Gasteiger partial charge in [-0.15, -0.1) is 0 Å². The zero-order valence-corrected chi connectivity index (χ0v) is 13.7. The Labute approximate surface area is 137 Å². The van der Waals surface area contributed by atoms with E-state index in [9.17, 15) is 0 Å². The Kier molecular flexibility index (Phi) is 3.42. The lowest BCUT2D eigenvalue weighted by atomic mass is 10.2. The van der Waals surface area contributed by atoms with Gasteiger partial charge in [-0.05, 0) is 19.1 Å². The zero-order chi connectivity index (χ0) is 15.8. The third-order valence-corrected chi connectivity index (χ3v) is 4.79. The smallest absolute Gasteiger partial charge is 0.231 e. The van der Waals surface area contributed by atoms with Gasteiger partial charge in [0.05, 0.1) is 10.6 Å². The van der Waals surface area contributed by atoms with Crippen LogP contribution < -0.4 is 14.8 Å². The average Bonchev–Trinajstić information content (AvgIpc) is 3.24. The lowest BCUT2D eigenvalue weighted by Gasteiger charge is -2.06. The SMILES string of the molecule is Cc1nc(NCc2cccc3c2OCO3)sc1-c1ccn(C)n1. The molecule has 2 aromatic heterocycles. The van der Waals surface area contributed by atoms with Crippen LogP contribution in [0.5, 0.6) is 11.5 Å². The summed E-state index contributed by atoms with van der Waals surface area (Å²) in [6.07, 6.45) is 1.94. The van der Waals surface area contributed by atoms with Gasteiger partial charge in [-0.2, -0.15) is 5.10 Å². The molecule has 118 valence electrons. The lowest BCUT2D eigenvalue weighted by Crippen LogP contribution is -2.00. The van der Waals surface area contributed by atoms with Gasteiger partial charge in [0.25, 0.3) is 0 Å². The van der Waals surface area contributed by atoms with Gasteiger partial charge in [0.1, 0.15) is 5.69 Å². The molecule has 0 radical (unpaired) electrons. The summed E-state index contributed by atoms with van der Waals surface area (Å²) in [7, 11) is 1.91. The van der Waals surface area contributed by atoms with Crippen molar-refractivity contribution in [2.45, 2.75) is 13.5 Å². The highest BCUT2D eigenvalue weighted by Crippen LogP contribution is 2.36. The summed E-state index contributed by atoms with van der Waals surface area (Å²) >= 11 is 1.61. The summed E-state index contributed by atoms with van der Waals surface area (Å²) in [6, 6.07) is 7.91. The monoisotopic (exact) mass is 328 g/mol. The number of hydrogen-bond acceptors (Lipinski definition) is 6. The van der Waals surface area contributed by atoms with E-state index in [1.165, 1.54) is 0 Å². The third kappa shape index (κ3) is 2.63. The van der Waals surface area contributed by atoms with Crippen molar-refractivity contribution in [3.05, 3.63) is 41.7 Å². The molecule has 1 N–H and O–H groups in total. The number of ether oxygens (including phenoxy) is 2. The van der Waals surface area contributed by atoms with E-state index in [0.717, 1.165) is 38.5 Å². The van der Waals surface area contributed by atoms with Gasteiger partial charge in [0, 0.05) is 25.4 Å².